The van der Waals surface area contributed by atoms with Gasteiger partial charge in [-0.25, -0.2) is 0 Å². The molecule has 0 aromatic rings. The van der Waals surface area contributed by atoms with Crippen LogP contribution < -0.4 is 5.73 Å². The summed E-state index contributed by atoms with van der Waals surface area (Å²) in [4.78, 5) is 0. The molecule has 0 aliphatic heterocycles. The zero-order valence-corrected chi connectivity index (χ0v) is 6.29. The Morgan fingerprint density at radius 2 is 1.50 bits per heavy atom. The van der Waals surface area contributed by atoms with E-state index >= 15 is 0 Å². The zero-order valence-electron chi connectivity index (χ0n) is 6.29. The summed E-state index contributed by atoms with van der Waals surface area (Å²) in [6, 6.07) is 0. The molecule has 0 unspecified atom stereocenters. The second-order valence-corrected chi connectivity index (χ2v) is 2.47. The van der Waals surface area contributed by atoms with Crippen LogP contribution in [0.5, 0.6) is 0 Å². The van der Waals surface area contributed by atoms with Gasteiger partial charge in [0.1, 0.15) is 0 Å². The van der Waals surface area contributed by atoms with Crippen LogP contribution in [0.4, 0.5) is 0 Å². The van der Waals surface area contributed by atoms with E-state index in [0.717, 1.165) is 19.3 Å². The molecule has 0 aliphatic carbocycles. The van der Waals surface area contributed by atoms with Gasteiger partial charge in [-0.1, -0.05) is 0 Å². The molecule has 0 heterocycles. The normalized spacial score (nSPS) is 10.8. The maximum absolute atomic E-state index is 8.57. The van der Waals surface area contributed by atoms with Gasteiger partial charge in [0.2, 0.25) is 0 Å². The summed E-state index contributed by atoms with van der Waals surface area (Å²) in [7, 11) is 0. The molecule has 0 fully saturated rings. The SMILES string of the molecule is NCCC(CCO)CCO. The van der Waals surface area contributed by atoms with Gasteiger partial charge in [0.05, 0.1) is 0 Å². The Morgan fingerprint density at radius 1 is 1.00 bits per heavy atom. The maximum Gasteiger partial charge on any atom is 0.0433 e. The Kier molecular flexibility index (Phi) is 6.91. The standard InChI is InChI=1S/C7H17NO2/c8-4-1-7(2-5-9)3-6-10/h7,9-10H,1-6,8H2. The summed E-state index contributed by atoms with van der Waals surface area (Å²) < 4.78 is 0. The molecule has 0 rings (SSSR count). The van der Waals surface area contributed by atoms with Gasteiger partial charge in [0, 0.05) is 13.2 Å². The summed E-state index contributed by atoms with van der Waals surface area (Å²) in [5.74, 6) is 0.403. The van der Waals surface area contributed by atoms with Crippen LogP contribution in [-0.2, 0) is 0 Å². The molecule has 0 aromatic carbocycles. The molecule has 0 aromatic heterocycles. The first-order chi connectivity index (χ1) is 4.85. The average molecular weight is 147 g/mol. The Balaban J connectivity index is 3.30. The van der Waals surface area contributed by atoms with Crippen molar-refractivity contribution in [1.29, 1.82) is 0 Å². The maximum atomic E-state index is 8.57. The molecule has 0 amide bonds. The smallest absolute Gasteiger partial charge is 0.0433 e. The first-order valence-corrected chi connectivity index (χ1v) is 3.77. The summed E-state index contributed by atoms with van der Waals surface area (Å²) in [5, 5.41) is 17.1. The topological polar surface area (TPSA) is 66.5 Å². The highest BCUT2D eigenvalue weighted by Gasteiger charge is 2.04. The third kappa shape index (κ3) is 4.73. The molecular weight excluding hydrogens is 130 g/mol. The number of hydrogen-bond acceptors (Lipinski definition) is 3. The Hall–Kier alpha value is -0.120. The minimum atomic E-state index is 0.199. The molecule has 10 heavy (non-hydrogen) atoms. The van der Waals surface area contributed by atoms with Crippen molar-refractivity contribution >= 4 is 0 Å². The van der Waals surface area contributed by atoms with Crippen molar-refractivity contribution in [3.05, 3.63) is 0 Å². The first kappa shape index (κ1) is 9.88. The van der Waals surface area contributed by atoms with Crippen LogP contribution in [0.3, 0.4) is 0 Å². The second kappa shape index (κ2) is 6.99. The van der Waals surface area contributed by atoms with Crippen molar-refractivity contribution in [2.24, 2.45) is 11.7 Å². The van der Waals surface area contributed by atoms with Gasteiger partial charge < -0.3 is 15.9 Å². The number of rotatable bonds is 6. The molecule has 62 valence electrons. The van der Waals surface area contributed by atoms with Crippen molar-refractivity contribution in [2.45, 2.75) is 19.3 Å². The minimum Gasteiger partial charge on any atom is -0.396 e. The van der Waals surface area contributed by atoms with Gasteiger partial charge in [-0.2, -0.15) is 0 Å². The van der Waals surface area contributed by atoms with Crippen LogP contribution in [0.2, 0.25) is 0 Å². The van der Waals surface area contributed by atoms with E-state index in [9.17, 15) is 0 Å². The van der Waals surface area contributed by atoms with Gasteiger partial charge in [0.25, 0.3) is 0 Å². The van der Waals surface area contributed by atoms with E-state index in [4.69, 9.17) is 15.9 Å². The summed E-state index contributed by atoms with van der Waals surface area (Å²) >= 11 is 0. The van der Waals surface area contributed by atoms with Crippen molar-refractivity contribution < 1.29 is 10.2 Å². The number of hydrogen-bond donors (Lipinski definition) is 3. The van der Waals surface area contributed by atoms with Crippen LogP contribution in [0.1, 0.15) is 19.3 Å². The summed E-state index contributed by atoms with van der Waals surface area (Å²) in [5.41, 5.74) is 5.33. The number of nitrogens with two attached hydrogens (primary N) is 1. The molecule has 0 aliphatic rings. The Bertz CT molecular complexity index is 54.4. The minimum absolute atomic E-state index is 0.199. The van der Waals surface area contributed by atoms with E-state index in [1.807, 2.05) is 0 Å². The summed E-state index contributed by atoms with van der Waals surface area (Å²) in [6.07, 6.45) is 2.43. The van der Waals surface area contributed by atoms with E-state index in [0.29, 0.717) is 12.5 Å². The summed E-state index contributed by atoms with van der Waals surface area (Å²) in [6.45, 7) is 1.04. The van der Waals surface area contributed by atoms with E-state index in [2.05, 4.69) is 0 Å². The molecule has 0 radical (unpaired) electrons. The molecule has 0 bridgehead atoms. The molecule has 4 N–H and O–H groups in total. The van der Waals surface area contributed by atoms with Crippen molar-refractivity contribution in [2.75, 3.05) is 19.8 Å². The highest BCUT2D eigenvalue weighted by atomic mass is 16.3. The highest BCUT2D eigenvalue weighted by Crippen LogP contribution is 2.10. The number of aliphatic hydroxyl groups is 2. The van der Waals surface area contributed by atoms with Crippen LogP contribution in [-0.4, -0.2) is 30.0 Å². The lowest BCUT2D eigenvalue weighted by atomic mass is 9.99. The predicted molar refractivity (Wildman–Crippen MR) is 40.6 cm³/mol. The van der Waals surface area contributed by atoms with Crippen LogP contribution in [0.15, 0.2) is 0 Å². The second-order valence-electron chi connectivity index (χ2n) is 2.47. The third-order valence-electron chi connectivity index (χ3n) is 1.65. The van der Waals surface area contributed by atoms with Crippen molar-refractivity contribution in [3.63, 3.8) is 0 Å². The number of aliphatic hydroxyl groups excluding tert-OH is 2. The van der Waals surface area contributed by atoms with Crippen LogP contribution >= 0.6 is 0 Å². The highest BCUT2D eigenvalue weighted by molar-refractivity contribution is 4.58. The quantitative estimate of drug-likeness (QED) is 0.484. The lowest BCUT2D eigenvalue weighted by molar-refractivity contribution is 0.211. The Labute approximate surface area is 61.9 Å². The van der Waals surface area contributed by atoms with Gasteiger partial charge in [-0.05, 0) is 31.7 Å². The molecule has 0 atom stereocenters. The van der Waals surface area contributed by atoms with Crippen molar-refractivity contribution in [3.8, 4) is 0 Å². The van der Waals surface area contributed by atoms with Gasteiger partial charge in [-0.15, -0.1) is 0 Å². The van der Waals surface area contributed by atoms with E-state index < -0.39 is 0 Å². The fraction of sp³-hybridized carbons (Fsp3) is 1.00. The fourth-order valence-corrected chi connectivity index (χ4v) is 1.03. The van der Waals surface area contributed by atoms with Gasteiger partial charge >= 0.3 is 0 Å². The molecule has 0 saturated carbocycles. The monoisotopic (exact) mass is 147 g/mol. The van der Waals surface area contributed by atoms with Crippen molar-refractivity contribution in [1.82, 2.24) is 0 Å². The lowest BCUT2D eigenvalue weighted by Crippen LogP contribution is -2.11. The fourth-order valence-electron chi connectivity index (χ4n) is 1.03. The Morgan fingerprint density at radius 3 is 1.80 bits per heavy atom. The van der Waals surface area contributed by atoms with E-state index in [-0.39, 0.29) is 13.2 Å². The van der Waals surface area contributed by atoms with Crippen LogP contribution in [0, 0.1) is 5.92 Å². The largest absolute Gasteiger partial charge is 0.396 e. The third-order valence-corrected chi connectivity index (χ3v) is 1.65. The molecular formula is C7H17NO2. The van der Waals surface area contributed by atoms with Crippen LogP contribution in [0.25, 0.3) is 0 Å². The molecule has 0 saturated heterocycles. The zero-order chi connectivity index (χ0) is 7.82. The molecule has 0 spiro atoms. The van der Waals surface area contributed by atoms with Gasteiger partial charge in [-0.3, -0.25) is 0 Å². The van der Waals surface area contributed by atoms with E-state index in [1.54, 1.807) is 0 Å². The van der Waals surface area contributed by atoms with Gasteiger partial charge in [0.15, 0.2) is 0 Å². The lowest BCUT2D eigenvalue weighted by Gasteiger charge is -2.11. The molecule has 3 nitrogen and oxygen atoms in total. The first-order valence-electron chi connectivity index (χ1n) is 3.77. The average Bonchev–Trinajstić information content (AvgIpc) is 1.90. The predicted octanol–water partition coefficient (Wildman–Crippen LogP) is -0.284. The van der Waals surface area contributed by atoms with E-state index in [1.165, 1.54) is 0 Å². The molecule has 3 heteroatoms.